The number of carbonyl (C=O) groups is 2. The molecule has 1 aliphatic carbocycles. The molecule has 0 unspecified atom stereocenters. The molecule has 1 fully saturated rings. The number of amides is 2. The van der Waals surface area contributed by atoms with Gasteiger partial charge in [0.2, 0.25) is 11.8 Å². The predicted molar refractivity (Wildman–Crippen MR) is 110 cm³/mol. The quantitative estimate of drug-likeness (QED) is 0.628. The molecule has 0 radical (unpaired) electrons. The van der Waals surface area contributed by atoms with Crippen molar-refractivity contribution >= 4 is 23.7 Å². The first-order valence-corrected chi connectivity index (χ1v) is 10.1. The zero-order valence-corrected chi connectivity index (χ0v) is 16.4. The fraction of sp³-hybridized carbons (Fsp3) is 0.409. The Labute approximate surface area is 170 Å². The van der Waals surface area contributed by atoms with Gasteiger partial charge in [0.05, 0.1) is 12.9 Å². The first-order chi connectivity index (χ1) is 14.2. The molecule has 2 heterocycles. The van der Waals surface area contributed by atoms with Crippen molar-refractivity contribution in [2.45, 2.75) is 38.5 Å². The summed E-state index contributed by atoms with van der Waals surface area (Å²) in [7, 11) is 0. The second-order valence-electron chi connectivity index (χ2n) is 7.10. The van der Waals surface area contributed by atoms with Gasteiger partial charge >= 0.3 is 0 Å². The molecule has 29 heavy (non-hydrogen) atoms. The summed E-state index contributed by atoms with van der Waals surface area (Å²) in [5.41, 5.74) is 0. The van der Waals surface area contributed by atoms with Gasteiger partial charge < -0.3 is 19.8 Å². The standard InChI is InChI=1S/C22H27N3O4/c26-20(11-10-18-8-5-15-28-18)23-14-12-21(27)25-22-19(9-4-13-24-22)29-16-17-6-2-1-3-7-17/h4-5,8-11,13,15,17H,1-3,6-7,12,14,16H2,(H,23,26)(H,24,25,27)/b11-10+. The van der Waals surface area contributed by atoms with E-state index in [0.717, 1.165) is 0 Å². The first-order valence-electron chi connectivity index (χ1n) is 10.1. The van der Waals surface area contributed by atoms with E-state index in [1.54, 1.807) is 30.5 Å². The maximum absolute atomic E-state index is 12.2. The van der Waals surface area contributed by atoms with Crippen molar-refractivity contribution < 1.29 is 18.7 Å². The average Bonchev–Trinajstić information content (AvgIpc) is 3.26. The van der Waals surface area contributed by atoms with Gasteiger partial charge in [-0.25, -0.2) is 4.98 Å². The Hall–Kier alpha value is -3.09. The van der Waals surface area contributed by atoms with Crippen molar-refractivity contribution in [3.63, 3.8) is 0 Å². The van der Waals surface area contributed by atoms with Crippen LogP contribution in [0.2, 0.25) is 0 Å². The molecule has 0 aromatic carbocycles. The van der Waals surface area contributed by atoms with Gasteiger partial charge in [-0.15, -0.1) is 0 Å². The normalized spacial score (nSPS) is 14.6. The molecule has 0 saturated heterocycles. The molecule has 0 bridgehead atoms. The van der Waals surface area contributed by atoms with Crippen LogP contribution in [0.25, 0.3) is 6.08 Å². The van der Waals surface area contributed by atoms with Gasteiger partial charge in [-0.1, -0.05) is 19.3 Å². The average molecular weight is 397 g/mol. The number of carbonyl (C=O) groups excluding carboxylic acids is 2. The van der Waals surface area contributed by atoms with Crippen LogP contribution in [0.4, 0.5) is 5.82 Å². The van der Waals surface area contributed by atoms with E-state index >= 15 is 0 Å². The molecular formula is C22H27N3O4. The third-order valence-corrected chi connectivity index (χ3v) is 4.82. The number of anilines is 1. The van der Waals surface area contributed by atoms with Crippen LogP contribution in [0.1, 0.15) is 44.3 Å². The van der Waals surface area contributed by atoms with Gasteiger partial charge in [0.25, 0.3) is 0 Å². The second kappa shape index (κ2) is 11.0. The molecule has 3 rings (SSSR count). The van der Waals surface area contributed by atoms with Crippen LogP contribution in [0.3, 0.4) is 0 Å². The van der Waals surface area contributed by atoms with Gasteiger partial charge in [-0.05, 0) is 49.1 Å². The van der Waals surface area contributed by atoms with Crippen LogP contribution in [0, 0.1) is 5.92 Å². The second-order valence-corrected chi connectivity index (χ2v) is 7.10. The van der Waals surface area contributed by atoms with E-state index in [-0.39, 0.29) is 24.8 Å². The lowest BCUT2D eigenvalue weighted by Crippen LogP contribution is -2.26. The van der Waals surface area contributed by atoms with Crippen LogP contribution in [-0.4, -0.2) is 29.9 Å². The summed E-state index contributed by atoms with van der Waals surface area (Å²) >= 11 is 0. The van der Waals surface area contributed by atoms with Gasteiger partial charge in [0.1, 0.15) is 5.76 Å². The molecule has 1 saturated carbocycles. The van der Waals surface area contributed by atoms with Gasteiger partial charge in [0, 0.05) is 25.2 Å². The maximum Gasteiger partial charge on any atom is 0.244 e. The Morgan fingerprint density at radius 3 is 2.86 bits per heavy atom. The number of furan rings is 1. The molecule has 7 heteroatoms. The number of hydrogen-bond acceptors (Lipinski definition) is 5. The number of pyridine rings is 1. The number of hydrogen-bond donors (Lipinski definition) is 2. The fourth-order valence-corrected chi connectivity index (χ4v) is 3.26. The van der Waals surface area contributed by atoms with Crippen molar-refractivity contribution in [3.05, 3.63) is 48.6 Å². The van der Waals surface area contributed by atoms with Gasteiger partial charge in [-0.3, -0.25) is 9.59 Å². The molecule has 7 nitrogen and oxygen atoms in total. The largest absolute Gasteiger partial charge is 0.489 e. The fourth-order valence-electron chi connectivity index (χ4n) is 3.26. The Morgan fingerprint density at radius 2 is 2.07 bits per heavy atom. The Bertz CT molecular complexity index is 811. The minimum atomic E-state index is -0.288. The highest BCUT2D eigenvalue weighted by Gasteiger charge is 2.16. The molecule has 0 atom stereocenters. The number of aromatic nitrogens is 1. The Balaban J connectivity index is 1.41. The number of rotatable bonds is 9. The lowest BCUT2D eigenvalue weighted by molar-refractivity contribution is -0.117. The number of nitrogens with one attached hydrogen (secondary N) is 2. The van der Waals surface area contributed by atoms with Crippen molar-refractivity contribution in [1.29, 1.82) is 0 Å². The highest BCUT2D eigenvalue weighted by atomic mass is 16.5. The molecule has 1 aliphatic rings. The predicted octanol–water partition coefficient (Wildman–Crippen LogP) is 3.79. The molecule has 2 aromatic heterocycles. The SMILES string of the molecule is O=C(/C=C/c1ccco1)NCCC(=O)Nc1ncccc1OCC1CCCCC1. The molecule has 2 aromatic rings. The highest BCUT2D eigenvalue weighted by Crippen LogP contribution is 2.27. The highest BCUT2D eigenvalue weighted by molar-refractivity contribution is 5.93. The van der Waals surface area contributed by atoms with Crippen molar-refractivity contribution in [1.82, 2.24) is 10.3 Å². The van der Waals surface area contributed by atoms with Gasteiger partial charge in [0.15, 0.2) is 11.6 Å². The van der Waals surface area contributed by atoms with Crippen LogP contribution < -0.4 is 15.4 Å². The molecule has 2 amide bonds. The summed E-state index contributed by atoms with van der Waals surface area (Å²) in [6.07, 6.45) is 12.4. The smallest absolute Gasteiger partial charge is 0.244 e. The van der Waals surface area contributed by atoms with Crippen molar-refractivity contribution in [3.8, 4) is 5.75 Å². The zero-order chi connectivity index (χ0) is 20.3. The van der Waals surface area contributed by atoms with Gasteiger partial charge in [-0.2, -0.15) is 0 Å². The Morgan fingerprint density at radius 1 is 1.21 bits per heavy atom. The molecule has 0 spiro atoms. The summed E-state index contributed by atoms with van der Waals surface area (Å²) in [5.74, 6) is 1.63. The number of nitrogens with zero attached hydrogens (tertiary/aromatic N) is 1. The van der Waals surface area contributed by atoms with Crippen LogP contribution in [-0.2, 0) is 9.59 Å². The molecule has 154 valence electrons. The monoisotopic (exact) mass is 397 g/mol. The van der Waals surface area contributed by atoms with E-state index in [1.165, 1.54) is 44.4 Å². The van der Waals surface area contributed by atoms with E-state index in [4.69, 9.17) is 9.15 Å². The van der Waals surface area contributed by atoms with Crippen molar-refractivity contribution in [2.24, 2.45) is 5.92 Å². The Kier molecular flexibility index (Phi) is 7.86. The van der Waals surface area contributed by atoms with E-state index in [1.807, 2.05) is 6.07 Å². The van der Waals surface area contributed by atoms with Crippen LogP contribution in [0.15, 0.2) is 47.2 Å². The van der Waals surface area contributed by atoms with Crippen LogP contribution in [0.5, 0.6) is 5.75 Å². The maximum atomic E-state index is 12.2. The van der Waals surface area contributed by atoms with Crippen LogP contribution >= 0.6 is 0 Å². The summed E-state index contributed by atoms with van der Waals surface area (Å²) in [4.78, 5) is 28.2. The summed E-state index contributed by atoms with van der Waals surface area (Å²) in [5, 5.41) is 5.43. The minimum absolute atomic E-state index is 0.138. The first kappa shape index (κ1) is 20.6. The third kappa shape index (κ3) is 7.10. The van der Waals surface area contributed by atoms with E-state index in [9.17, 15) is 9.59 Å². The molecule has 2 N–H and O–H groups in total. The summed E-state index contributed by atoms with van der Waals surface area (Å²) in [6.45, 7) is 0.866. The van der Waals surface area contributed by atoms with E-state index in [2.05, 4.69) is 15.6 Å². The minimum Gasteiger partial charge on any atom is -0.489 e. The molecule has 0 aliphatic heterocycles. The lowest BCUT2D eigenvalue weighted by atomic mass is 9.90. The summed E-state index contributed by atoms with van der Waals surface area (Å²) < 4.78 is 11.0. The van der Waals surface area contributed by atoms with E-state index < -0.39 is 0 Å². The third-order valence-electron chi connectivity index (χ3n) is 4.82. The van der Waals surface area contributed by atoms with Crippen molar-refractivity contribution in [2.75, 3.05) is 18.5 Å². The lowest BCUT2D eigenvalue weighted by Gasteiger charge is -2.22. The number of ether oxygens (including phenoxy) is 1. The topological polar surface area (TPSA) is 93.5 Å². The molecular weight excluding hydrogens is 370 g/mol. The van der Waals surface area contributed by atoms with E-state index in [0.29, 0.717) is 29.9 Å². The zero-order valence-electron chi connectivity index (χ0n) is 16.4. The summed E-state index contributed by atoms with van der Waals surface area (Å²) in [6, 6.07) is 7.09.